The molecular weight excluding hydrogens is 281 g/mol. The van der Waals surface area contributed by atoms with Gasteiger partial charge in [-0.25, -0.2) is 4.39 Å². The summed E-state index contributed by atoms with van der Waals surface area (Å²) in [6.07, 6.45) is 1.45. The molecule has 0 bridgehead atoms. The third kappa shape index (κ3) is 4.58. The van der Waals surface area contributed by atoms with Crippen LogP contribution in [-0.4, -0.2) is 6.04 Å². The Bertz CT molecular complexity index is 598. The van der Waals surface area contributed by atoms with Crippen LogP contribution in [0.5, 0.6) is 0 Å². The number of hydrogen-bond acceptors (Lipinski definition) is 2. The molecule has 0 spiro atoms. The van der Waals surface area contributed by atoms with E-state index < -0.39 is 0 Å². The molecule has 112 valence electrons. The summed E-state index contributed by atoms with van der Waals surface area (Å²) in [5, 5.41) is 0. The van der Waals surface area contributed by atoms with Gasteiger partial charge in [0.25, 0.3) is 0 Å². The molecule has 0 aliphatic heterocycles. The van der Waals surface area contributed by atoms with Crippen LogP contribution >= 0.6 is 11.8 Å². The van der Waals surface area contributed by atoms with Gasteiger partial charge in [0, 0.05) is 22.3 Å². The van der Waals surface area contributed by atoms with Gasteiger partial charge in [-0.1, -0.05) is 42.8 Å². The fourth-order valence-electron chi connectivity index (χ4n) is 2.24. The van der Waals surface area contributed by atoms with Crippen molar-refractivity contribution in [1.82, 2.24) is 0 Å². The molecule has 0 aliphatic carbocycles. The molecule has 0 amide bonds. The zero-order chi connectivity index (χ0) is 15.2. The van der Waals surface area contributed by atoms with E-state index in [1.165, 1.54) is 17.2 Å². The summed E-state index contributed by atoms with van der Waals surface area (Å²) in [6, 6.07) is 13.7. The highest BCUT2D eigenvalue weighted by atomic mass is 32.2. The third-order valence-electron chi connectivity index (χ3n) is 3.54. The van der Waals surface area contributed by atoms with Gasteiger partial charge in [-0.3, -0.25) is 0 Å². The highest BCUT2D eigenvalue weighted by molar-refractivity contribution is 7.98. The molecule has 1 atom stereocenters. The van der Waals surface area contributed by atoms with Crippen molar-refractivity contribution in [2.45, 2.75) is 43.4 Å². The predicted molar refractivity (Wildman–Crippen MR) is 89.1 cm³/mol. The Hall–Kier alpha value is -1.32. The van der Waals surface area contributed by atoms with Gasteiger partial charge in [0.1, 0.15) is 5.82 Å². The van der Waals surface area contributed by atoms with Crippen LogP contribution in [0, 0.1) is 12.7 Å². The van der Waals surface area contributed by atoms with Crippen LogP contribution in [0.4, 0.5) is 4.39 Å². The van der Waals surface area contributed by atoms with Crippen LogP contribution in [0.15, 0.2) is 47.4 Å². The summed E-state index contributed by atoms with van der Waals surface area (Å²) in [5.41, 5.74) is 9.26. The molecule has 0 saturated heterocycles. The second-order valence-electron chi connectivity index (χ2n) is 5.37. The fourth-order valence-corrected chi connectivity index (χ4v) is 3.27. The maximum absolute atomic E-state index is 14.1. The van der Waals surface area contributed by atoms with E-state index in [9.17, 15) is 4.39 Å². The van der Waals surface area contributed by atoms with Gasteiger partial charge in [0.2, 0.25) is 0 Å². The topological polar surface area (TPSA) is 26.0 Å². The van der Waals surface area contributed by atoms with E-state index in [-0.39, 0.29) is 11.9 Å². The lowest BCUT2D eigenvalue weighted by Crippen LogP contribution is -2.22. The normalized spacial score (nSPS) is 12.4. The predicted octanol–water partition coefficient (Wildman–Crippen LogP) is 4.71. The van der Waals surface area contributed by atoms with Gasteiger partial charge in [0.05, 0.1) is 0 Å². The summed E-state index contributed by atoms with van der Waals surface area (Å²) in [6.45, 7) is 4.12. The van der Waals surface area contributed by atoms with Gasteiger partial charge in [-0.05, 0) is 37.5 Å². The highest BCUT2D eigenvalue weighted by Gasteiger charge is 2.12. The van der Waals surface area contributed by atoms with Crippen LogP contribution < -0.4 is 5.73 Å². The molecule has 0 radical (unpaired) electrons. The Kier molecular flexibility index (Phi) is 5.83. The van der Waals surface area contributed by atoms with Crippen LogP contribution in [0.25, 0.3) is 0 Å². The Labute approximate surface area is 130 Å². The second kappa shape index (κ2) is 7.62. The van der Waals surface area contributed by atoms with E-state index in [2.05, 4.69) is 31.2 Å². The van der Waals surface area contributed by atoms with Crippen molar-refractivity contribution in [2.24, 2.45) is 5.73 Å². The summed E-state index contributed by atoms with van der Waals surface area (Å²) < 4.78 is 14.1. The van der Waals surface area contributed by atoms with E-state index in [0.29, 0.717) is 6.42 Å². The Morgan fingerprint density at radius 1 is 1.19 bits per heavy atom. The average Bonchev–Trinajstić information content (AvgIpc) is 2.47. The van der Waals surface area contributed by atoms with Crippen LogP contribution in [-0.2, 0) is 12.2 Å². The van der Waals surface area contributed by atoms with Crippen LogP contribution in [0.1, 0.15) is 30.0 Å². The van der Waals surface area contributed by atoms with E-state index in [1.54, 1.807) is 17.8 Å². The number of rotatable bonds is 6. The van der Waals surface area contributed by atoms with Crippen LogP contribution in [0.2, 0.25) is 0 Å². The van der Waals surface area contributed by atoms with Gasteiger partial charge in [-0.2, -0.15) is 0 Å². The lowest BCUT2D eigenvalue weighted by atomic mass is 10.0. The maximum atomic E-state index is 14.1. The van der Waals surface area contributed by atoms with Crippen molar-refractivity contribution in [3.63, 3.8) is 0 Å². The minimum absolute atomic E-state index is 0.0141. The van der Waals surface area contributed by atoms with Crippen molar-refractivity contribution in [2.75, 3.05) is 0 Å². The Morgan fingerprint density at radius 2 is 1.95 bits per heavy atom. The SMILES string of the molecule is CCC(N)Cc1c(F)cccc1SCc1cccc(C)c1. The number of aryl methyl sites for hydroxylation is 1. The zero-order valence-electron chi connectivity index (χ0n) is 12.6. The summed E-state index contributed by atoms with van der Waals surface area (Å²) in [4.78, 5) is 1.00. The van der Waals surface area contributed by atoms with Crippen molar-refractivity contribution >= 4 is 11.8 Å². The summed E-state index contributed by atoms with van der Waals surface area (Å²) in [5.74, 6) is 0.701. The van der Waals surface area contributed by atoms with Gasteiger partial charge >= 0.3 is 0 Å². The minimum Gasteiger partial charge on any atom is -0.327 e. The molecule has 2 aromatic carbocycles. The Balaban J connectivity index is 2.14. The molecule has 3 heteroatoms. The van der Waals surface area contributed by atoms with Crippen LogP contribution in [0.3, 0.4) is 0 Å². The standard InChI is InChI=1S/C18H22FNS/c1-3-15(20)11-16-17(19)8-5-9-18(16)21-12-14-7-4-6-13(2)10-14/h4-10,15H,3,11-12,20H2,1-2H3. The van der Waals surface area contributed by atoms with Crippen molar-refractivity contribution in [3.8, 4) is 0 Å². The van der Waals surface area contributed by atoms with Crippen molar-refractivity contribution in [1.29, 1.82) is 0 Å². The van der Waals surface area contributed by atoms with Gasteiger partial charge < -0.3 is 5.73 Å². The smallest absolute Gasteiger partial charge is 0.127 e. The first-order valence-electron chi connectivity index (χ1n) is 7.31. The first kappa shape index (κ1) is 16.1. The van der Waals surface area contributed by atoms with E-state index >= 15 is 0 Å². The molecule has 2 rings (SSSR count). The molecule has 2 N–H and O–H groups in total. The number of benzene rings is 2. The maximum Gasteiger partial charge on any atom is 0.127 e. The van der Waals surface area contributed by atoms with E-state index in [4.69, 9.17) is 5.73 Å². The molecule has 0 aromatic heterocycles. The largest absolute Gasteiger partial charge is 0.327 e. The van der Waals surface area contributed by atoms with E-state index in [0.717, 1.165) is 22.6 Å². The molecule has 2 aromatic rings. The van der Waals surface area contributed by atoms with Crippen molar-refractivity contribution in [3.05, 3.63) is 65.0 Å². The monoisotopic (exact) mass is 303 g/mol. The molecule has 0 aliphatic rings. The molecule has 0 saturated carbocycles. The van der Waals surface area contributed by atoms with Gasteiger partial charge in [0.15, 0.2) is 0 Å². The Morgan fingerprint density at radius 3 is 2.67 bits per heavy atom. The quantitative estimate of drug-likeness (QED) is 0.782. The molecular formula is C18H22FNS. The highest BCUT2D eigenvalue weighted by Crippen LogP contribution is 2.29. The lowest BCUT2D eigenvalue weighted by Gasteiger charge is -2.14. The summed E-state index contributed by atoms with van der Waals surface area (Å²) >= 11 is 1.68. The van der Waals surface area contributed by atoms with E-state index in [1.807, 2.05) is 13.0 Å². The second-order valence-corrected chi connectivity index (χ2v) is 6.38. The first-order valence-corrected chi connectivity index (χ1v) is 8.30. The number of nitrogens with two attached hydrogens (primary N) is 1. The first-order chi connectivity index (χ1) is 10.1. The summed E-state index contributed by atoms with van der Waals surface area (Å²) in [7, 11) is 0. The molecule has 1 nitrogen and oxygen atoms in total. The number of thioether (sulfide) groups is 1. The lowest BCUT2D eigenvalue weighted by molar-refractivity contribution is 0.571. The van der Waals surface area contributed by atoms with Crippen molar-refractivity contribution < 1.29 is 4.39 Å². The fraction of sp³-hybridized carbons (Fsp3) is 0.333. The average molecular weight is 303 g/mol. The minimum atomic E-state index is -0.145. The third-order valence-corrected chi connectivity index (χ3v) is 4.71. The molecule has 0 heterocycles. The molecule has 0 fully saturated rings. The van der Waals surface area contributed by atoms with Gasteiger partial charge in [-0.15, -0.1) is 11.8 Å². The number of halogens is 1. The zero-order valence-corrected chi connectivity index (χ0v) is 13.4. The number of hydrogen-bond donors (Lipinski definition) is 1. The molecule has 1 unspecified atom stereocenters. The molecule has 21 heavy (non-hydrogen) atoms.